The van der Waals surface area contributed by atoms with Gasteiger partial charge in [0.1, 0.15) is 0 Å². The van der Waals surface area contributed by atoms with Gasteiger partial charge in [-0.15, -0.1) is 0 Å². The van der Waals surface area contributed by atoms with Crippen LogP contribution in [0.2, 0.25) is 0 Å². The van der Waals surface area contributed by atoms with Gasteiger partial charge in [0.05, 0.1) is 12.2 Å². The number of hydrogen-bond donors (Lipinski definition) is 0. The van der Waals surface area contributed by atoms with Gasteiger partial charge in [0.25, 0.3) is 0 Å². The molecule has 1 rings (SSSR count). The number of alkyl halides is 1. The second kappa shape index (κ2) is 6.60. The van der Waals surface area contributed by atoms with Crippen LogP contribution in [-0.4, -0.2) is 41.4 Å². The summed E-state index contributed by atoms with van der Waals surface area (Å²) in [6, 6.07) is 0. The van der Waals surface area contributed by atoms with Crippen LogP contribution in [0, 0.1) is 5.92 Å². The van der Waals surface area contributed by atoms with Crippen LogP contribution in [0.1, 0.15) is 33.6 Å². The quantitative estimate of drug-likeness (QED) is 0.745. The fourth-order valence-electron chi connectivity index (χ4n) is 1.91. The first-order chi connectivity index (χ1) is 7.56. The molecule has 0 aromatic heterocycles. The van der Waals surface area contributed by atoms with E-state index in [0.29, 0.717) is 12.3 Å². The molecule has 94 valence electrons. The van der Waals surface area contributed by atoms with E-state index in [1.807, 2.05) is 11.8 Å². The highest BCUT2D eigenvalue weighted by Crippen LogP contribution is 2.16. The lowest BCUT2D eigenvalue weighted by atomic mass is 10.0. The minimum absolute atomic E-state index is 0.143. The molecule has 0 saturated carbocycles. The third-order valence-electron chi connectivity index (χ3n) is 3.07. The summed E-state index contributed by atoms with van der Waals surface area (Å²) in [5.74, 6) is 0.753. The Morgan fingerprint density at radius 3 is 2.81 bits per heavy atom. The van der Waals surface area contributed by atoms with Crippen LogP contribution >= 0.6 is 15.9 Å². The van der Waals surface area contributed by atoms with Crippen molar-refractivity contribution in [3.05, 3.63) is 0 Å². The Hall–Kier alpha value is -0.0900. The van der Waals surface area contributed by atoms with Gasteiger partial charge in [0, 0.05) is 24.8 Å². The molecular formula is C12H22BrNO2. The van der Waals surface area contributed by atoms with Gasteiger partial charge >= 0.3 is 0 Å². The second-order valence-corrected chi connectivity index (χ2v) is 5.39. The van der Waals surface area contributed by atoms with E-state index in [0.717, 1.165) is 24.8 Å². The van der Waals surface area contributed by atoms with Crippen molar-refractivity contribution in [2.24, 2.45) is 5.92 Å². The van der Waals surface area contributed by atoms with Gasteiger partial charge in [0.15, 0.2) is 0 Å². The number of rotatable bonds is 4. The lowest BCUT2D eigenvalue weighted by Crippen LogP contribution is -2.50. The van der Waals surface area contributed by atoms with Gasteiger partial charge in [0.2, 0.25) is 5.91 Å². The van der Waals surface area contributed by atoms with E-state index in [4.69, 9.17) is 4.74 Å². The van der Waals surface area contributed by atoms with Crippen molar-refractivity contribution in [3.8, 4) is 0 Å². The molecule has 0 N–H and O–H groups in total. The lowest BCUT2D eigenvalue weighted by molar-refractivity contribution is -0.143. The molecule has 1 aliphatic rings. The predicted molar refractivity (Wildman–Crippen MR) is 68.8 cm³/mol. The molecule has 1 heterocycles. The maximum absolute atomic E-state index is 12.0. The zero-order chi connectivity index (χ0) is 12.1. The highest BCUT2D eigenvalue weighted by Gasteiger charge is 2.27. The van der Waals surface area contributed by atoms with Crippen LogP contribution in [0.25, 0.3) is 0 Å². The molecule has 0 radical (unpaired) electrons. The molecule has 3 unspecified atom stereocenters. The number of ether oxygens (including phenoxy) is 1. The Kier molecular flexibility index (Phi) is 5.76. The number of carbonyl (C=O) groups is 1. The molecule has 0 spiro atoms. The van der Waals surface area contributed by atoms with Crippen LogP contribution in [0.5, 0.6) is 0 Å². The number of hydrogen-bond acceptors (Lipinski definition) is 2. The highest BCUT2D eigenvalue weighted by molar-refractivity contribution is 9.09. The molecule has 1 amide bonds. The molecule has 0 aliphatic carbocycles. The average Bonchev–Trinajstić information content (AvgIpc) is 2.27. The van der Waals surface area contributed by atoms with E-state index in [1.165, 1.54) is 0 Å². The van der Waals surface area contributed by atoms with Crippen molar-refractivity contribution in [1.29, 1.82) is 0 Å². The standard InChI is InChI=1S/C12H22BrNO2/c1-4-9(2)5-12(15)14-7-10(3)16-11(6-13)8-14/h9-11H,4-8H2,1-3H3. The highest BCUT2D eigenvalue weighted by atomic mass is 79.9. The number of halogens is 1. The summed E-state index contributed by atoms with van der Waals surface area (Å²) in [7, 11) is 0. The van der Waals surface area contributed by atoms with Crippen molar-refractivity contribution in [3.63, 3.8) is 0 Å². The minimum atomic E-state index is 0.143. The maximum atomic E-state index is 12.0. The fourth-order valence-corrected chi connectivity index (χ4v) is 2.26. The molecule has 0 bridgehead atoms. The summed E-state index contributed by atoms with van der Waals surface area (Å²) in [5, 5.41) is 0.796. The number of carbonyl (C=O) groups excluding carboxylic acids is 1. The lowest BCUT2D eigenvalue weighted by Gasteiger charge is -2.36. The summed E-state index contributed by atoms with van der Waals surface area (Å²) in [5.41, 5.74) is 0. The molecule has 3 atom stereocenters. The Labute approximate surface area is 107 Å². The van der Waals surface area contributed by atoms with E-state index in [9.17, 15) is 4.79 Å². The van der Waals surface area contributed by atoms with E-state index in [2.05, 4.69) is 29.8 Å². The first-order valence-electron chi connectivity index (χ1n) is 6.06. The molecule has 0 aromatic rings. The van der Waals surface area contributed by atoms with Gasteiger partial charge in [-0.1, -0.05) is 36.2 Å². The van der Waals surface area contributed by atoms with Crippen LogP contribution in [0.15, 0.2) is 0 Å². The van der Waals surface area contributed by atoms with Gasteiger partial charge in [-0.05, 0) is 12.8 Å². The third-order valence-corrected chi connectivity index (χ3v) is 3.79. The molecule has 16 heavy (non-hydrogen) atoms. The predicted octanol–water partition coefficient (Wildman–Crippen LogP) is 2.43. The van der Waals surface area contributed by atoms with Crippen LogP contribution < -0.4 is 0 Å². The summed E-state index contributed by atoms with van der Waals surface area (Å²) in [6.45, 7) is 7.74. The van der Waals surface area contributed by atoms with E-state index in [-0.39, 0.29) is 18.1 Å². The largest absolute Gasteiger partial charge is 0.371 e. The topological polar surface area (TPSA) is 29.5 Å². The number of morpholine rings is 1. The van der Waals surface area contributed by atoms with E-state index in [1.54, 1.807) is 0 Å². The summed E-state index contributed by atoms with van der Waals surface area (Å²) >= 11 is 3.42. The Morgan fingerprint density at radius 2 is 2.25 bits per heavy atom. The van der Waals surface area contributed by atoms with Crippen LogP contribution in [0.3, 0.4) is 0 Å². The number of amides is 1. The second-order valence-electron chi connectivity index (χ2n) is 4.74. The van der Waals surface area contributed by atoms with Gasteiger partial charge in [-0.2, -0.15) is 0 Å². The molecule has 0 aromatic carbocycles. The van der Waals surface area contributed by atoms with Gasteiger partial charge < -0.3 is 9.64 Å². The zero-order valence-electron chi connectivity index (χ0n) is 10.4. The summed E-state index contributed by atoms with van der Waals surface area (Å²) in [6.07, 6.45) is 2.02. The van der Waals surface area contributed by atoms with Crippen molar-refractivity contribution in [2.75, 3.05) is 18.4 Å². The van der Waals surface area contributed by atoms with Crippen molar-refractivity contribution < 1.29 is 9.53 Å². The normalized spacial score (nSPS) is 27.9. The van der Waals surface area contributed by atoms with Crippen molar-refractivity contribution in [2.45, 2.75) is 45.8 Å². The Morgan fingerprint density at radius 1 is 1.56 bits per heavy atom. The minimum Gasteiger partial charge on any atom is -0.371 e. The summed E-state index contributed by atoms with van der Waals surface area (Å²) in [4.78, 5) is 14.0. The molecular weight excluding hydrogens is 270 g/mol. The smallest absolute Gasteiger partial charge is 0.223 e. The van der Waals surface area contributed by atoms with Crippen molar-refractivity contribution in [1.82, 2.24) is 4.90 Å². The molecule has 1 aliphatic heterocycles. The van der Waals surface area contributed by atoms with Crippen LogP contribution in [-0.2, 0) is 9.53 Å². The fraction of sp³-hybridized carbons (Fsp3) is 0.917. The van der Waals surface area contributed by atoms with E-state index >= 15 is 0 Å². The van der Waals surface area contributed by atoms with Crippen LogP contribution in [0.4, 0.5) is 0 Å². The maximum Gasteiger partial charge on any atom is 0.223 e. The Balaban J connectivity index is 2.48. The SMILES string of the molecule is CCC(C)CC(=O)N1CC(C)OC(CBr)C1. The molecule has 3 nitrogen and oxygen atoms in total. The first-order valence-corrected chi connectivity index (χ1v) is 7.18. The Bertz CT molecular complexity index is 235. The third kappa shape index (κ3) is 4.06. The van der Waals surface area contributed by atoms with Crippen molar-refractivity contribution >= 4 is 21.8 Å². The molecule has 1 fully saturated rings. The monoisotopic (exact) mass is 291 g/mol. The summed E-state index contributed by atoms with van der Waals surface area (Å²) < 4.78 is 5.71. The first kappa shape index (κ1) is 14.0. The van der Waals surface area contributed by atoms with E-state index < -0.39 is 0 Å². The molecule has 1 saturated heterocycles. The van der Waals surface area contributed by atoms with Gasteiger partial charge in [-0.25, -0.2) is 0 Å². The van der Waals surface area contributed by atoms with Gasteiger partial charge in [-0.3, -0.25) is 4.79 Å². The number of nitrogens with zero attached hydrogens (tertiary/aromatic N) is 1. The average molecular weight is 292 g/mol. The molecule has 4 heteroatoms. The zero-order valence-corrected chi connectivity index (χ0v) is 12.0.